The average Bonchev–Trinajstić information content (AvgIpc) is 3.14. The summed E-state index contributed by atoms with van der Waals surface area (Å²) in [7, 11) is 0. The van der Waals surface area contributed by atoms with Gasteiger partial charge in [0.05, 0.1) is 37.2 Å². The minimum atomic E-state index is -0.970. The van der Waals surface area contributed by atoms with Gasteiger partial charge in [0, 0.05) is 30.1 Å². The summed E-state index contributed by atoms with van der Waals surface area (Å²) < 4.78 is 9.09. The first-order valence-corrected chi connectivity index (χ1v) is 8.52. The summed E-state index contributed by atoms with van der Waals surface area (Å²) >= 11 is 0. The fraction of sp³-hybridized carbons (Fsp3) is 0.389. The van der Waals surface area contributed by atoms with Gasteiger partial charge in [-0.1, -0.05) is 0 Å². The van der Waals surface area contributed by atoms with Crippen LogP contribution in [0.15, 0.2) is 30.9 Å². The summed E-state index contributed by atoms with van der Waals surface area (Å²) in [4.78, 5) is 15.8. The third-order valence-electron chi connectivity index (χ3n) is 4.98. The zero-order valence-electron chi connectivity index (χ0n) is 13.6. The van der Waals surface area contributed by atoms with E-state index in [0.29, 0.717) is 18.4 Å². The van der Waals surface area contributed by atoms with Crippen molar-refractivity contribution in [3.8, 4) is 0 Å². The van der Waals surface area contributed by atoms with Crippen molar-refractivity contribution in [3.63, 3.8) is 0 Å². The molecule has 1 aliphatic carbocycles. The van der Waals surface area contributed by atoms with Crippen LogP contribution in [0.5, 0.6) is 0 Å². The molecule has 0 spiro atoms. The quantitative estimate of drug-likeness (QED) is 0.772. The zero-order valence-corrected chi connectivity index (χ0v) is 13.6. The Morgan fingerprint density at radius 3 is 2.72 bits per heavy atom. The second kappa shape index (κ2) is 5.42. The lowest BCUT2D eigenvalue weighted by atomic mass is 9.96. The van der Waals surface area contributed by atoms with Gasteiger partial charge in [0.2, 0.25) is 0 Å². The highest BCUT2D eigenvalue weighted by atomic mass is 16.5. The molecule has 4 heterocycles. The van der Waals surface area contributed by atoms with Crippen LogP contribution in [0.4, 0.5) is 0 Å². The molecule has 3 aromatic rings. The lowest BCUT2D eigenvalue weighted by Crippen LogP contribution is -2.25. The normalized spacial score (nSPS) is 17.8. The minimum absolute atomic E-state index is 0.187. The summed E-state index contributed by atoms with van der Waals surface area (Å²) in [6.45, 7) is 1.97. The Morgan fingerprint density at radius 2 is 2.08 bits per heavy atom. The molecule has 0 unspecified atom stereocenters. The number of aromatic nitrogens is 4. The molecule has 7 heteroatoms. The molecule has 25 heavy (non-hydrogen) atoms. The van der Waals surface area contributed by atoms with Crippen LogP contribution >= 0.6 is 0 Å². The van der Waals surface area contributed by atoms with Crippen molar-refractivity contribution in [1.82, 2.24) is 19.2 Å². The number of carboxylic acids is 1. The van der Waals surface area contributed by atoms with Gasteiger partial charge >= 0.3 is 5.97 Å². The molecule has 1 saturated heterocycles. The van der Waals surface area contributed by atoms with Crippen LogP contribution in [0.25, 0.3) is 5.65 Å². The maximum Gasteiger partial charge on any atom is 0.338 e. The first kappa shape index (κ1) is 14.7. The molecule has 0 bridgehead atoms. The van der Waals surface area contributed by atoms with Crippen LogP contribution in [-0.4, -0.2) is 43.5 Å². The van der Waals surface area contributed by atoms with E-state index in [1.807, 2.05) is 6.20 Å². The Hall–Kier alpha value is -2.67. The molecular weight excluding hydrogens is 320 g/mol. The number of pyridine rings is 1. The summed E-state index contributed by atoms with van der Waals surface area (Å²) in [5.74, 6) is 0.126. The molecule has 0 radical (unpaired) electrons. The number of carbonyl (C=O) groups is 1. The third kappa shape index (κ3) is 2.60. The number of rotatable bonds is 5. The van der Waals surface area contributed by atoms with Crippen molar-refractivity contribution in [2.45, 2.75) is 31.2 Å². The van der Waals surface area contributed by atoms with Gasteiger partial charge in [-0.25, -0.2) is 9.78 Å². The Labute approximate surface area is 143 Å². The van der Waals surface area contributed by atoms with Crippen LogP contribution in [0, 0.1) is 0 Å². The Balaban J connectivity index is 1.52. The van der Waals surface area contributed by atoms with Crippen LogP contribution < -0.4 is 0 Å². The fourth-order valence-corrected chi connectivity index (χ4v) is 3.36. The summed E-state index contributed by atoms with van der Waals surface area (Å²) in [6.07, 6.45) is 9.62. The van der Waals surface area contributed by atoms with E-state index >= 15 is 0 Å². The van der Waals surface area contributed by atoms with E-state index in [0.717, 1.165) is 24.6 Å². The highest BCUT2D eigenvalue weighted by Crippen LogP contribution is 2.41. The van der Waals surface area contributed by atoms with E-state index in [9.17, 15) is 4.79 Å². The second-order valence-electron chi connectivity index (χ2n) is 6.93. The van der Waals surface area contributed by atoms with Crippen molar-refractivity contribution in [3.05, 3.63) is 53.2 Å². The van der Waals surface area contributed by atoms with E-state index in [1.54, 1.807) is 4.68 Å². The highest BCUT2D eigenvalue weighted by Gasteiger charge is 2.29. The number of carboxylic acid groups (broad SMARTS) is 1. The Morgan fingerprint density at radius 1 is 1.24 bits per heavy atom. The predicted octanol–water partition coefficient (Wildman–Crippen LogP) is 2.27. The average molecular weight is 338 g/mol. The lowest BCUT2D eigenvalue weighted by molar-refractivity contribution is 0.00877. The van der Waals surface area contributed by atoms with E-state index in [-0.39, 0.29) is 5.56 Å². The van der Waals surface area contributed by atoms with Crippen LogP contribution in [0.1, 0.15) is 51.9 Å². The van der Waals surface area contributed by atoms with Crippen molar-refractivity contribution >= 4 is 11.6 Å². The monoisotopic (exact) mass is 338 g/mol. The van der Waals surface area contributed by atoms with Gasteiger partial charge in [-0.2, -0.15) is 5.10 Å². The van der Waals surface area contributed by atoms with Gasteiger partial charge in [0.15, 0.2) is 0 Å². The lowest BCUT2D eigenvalue weighted by Gasteiger charge is -2.27. The smallest absolute Gasteiger partial charge is 0.338 e. The topological polar surface area (TPSA) is 81.7 Å². The van der Waals surface area contributed by atoms with Gasteiger partial charge < -0.3 is 14.2 Å². The summed E-state index contributed by atoms with van der Waals surface area (Å²) in [5.41, 5.74) is 4.67. The number of ether oxygens (including phenoxy) is 1. The van der Waals surface area contributed by atoms with Crippen molar-refractivity contribution in [1.29, 1.82) is 0 Å². The largest absolute Gasteiger partial charge is 0.478 e. The molecule has 128 valence electrons. The van der Waals surface area contributed by atoms with Crippen LogP contribution in [-0.2, 0) is 11.3 Å². The number of hydrogen-bond acceptors (Lipinski definition) is 4. The van der Waals surface area contributed by atoms with Crippen molar-refractivity contribution < 1.29 is 14.6 Å². The molecule has 7 nitrogen and oxygen atoms in total. The zero-order chi connectivity index (χ0) is 17.0. The number of hydrogen-bond donors (Lipinski definition) is 1. The molecule has 2 fully saturated rings. The number of fused-ring (bicyclic) bond motifs is 1. The minimum Gasteiger partial charge on any atom is -0.478 e. The summed E-state index contributed by atoms with van der Waals surface area (Å²) in [6, 6.07) is 2.30. The fourth-order valence-electron chi connectivity index (χ4n) is 3.36. The van der Waals surface area contributed by atoms with Gasteiger partial charge in [-0.15, -0.1) is 0 Å². The first-order valence-electron chi connectivity index (χ1n) is 8.52. The predicted molar refractivity (Wildman–Crippen MR) is 89.0 cm³/mol. The molecular formula is C18H18N4O3. The van der Waals surface area contributed by atoms with E-state index in [1.165, 1.54) is 36.4 Å². The molecule has 0 amide bonds. The van der Waals surface area contributed by atoms with Gasteiger partial charge in [0.25, 0.3) is 0 Å². The van der Waals surface area contributed by atoms with Crippen molar-refractivity contribution in [2.24, 2.45) is 0 Å². The molecule has 2 aliphatic rings. The SMILES string of the molecule is O=C(O)c1cnn(Cc2cn3cc(C4CC4)cc(C4COC4)c3n2)c1. The van der Waals surface area contributed by atoms with E-state index < -0.39 is 5.97 Å². The molecule has 5 rings (SSSR count). The molecule has 0 atom stereocenters. The molecule has 3 aromatic heterocycles. The maximum absolute atomic E-state index is 11.0. The molecule has 1 N–H and O–H groups in total. The van der Waals surface area contributed by atoms with E-state index in [4.69, 9.17) is 14.8 Å². The number of imidazole rings is 1. The van der Waals surface area contributed by atoms with Crippen LogP contribution in [0.2, 0.25) is 0 Å². The Bertz CT molecular complexity index is 966. The standard InChI is InChI=1S/C18H18N4O3/c23-18(24)13-4-19-22(6-13)8-15-7-21-5-12(11-1-2-11)3-16(17(21)20-15)14-9-25-10-14/h3-7,11,14H,1-2,8-10H2,(H,23,24). The van der Waals surface area contributed by atoms with Gasteiger partial charge in [0.1, 0.15) is 5.65 Å². The Kier molecular flexibility index (Phi) is 3.18. The molecule has 1 saturated carbocycles. The van der Waals surface area contributed by atoms with Gasteiger partial charge in [-0.3, -0.25) is 4.68 Å². The first-order chi connectivity index (χ1) is 12.2. The van der Waals surface area contributed by atoms with E-state index in [2.05, 4.69) is 21.8 Å². The number of aromatic carboxylic acids is 1. The highest BCUT2D eigenvalue weighted by molar-refractivity contribution is 5.86. The number of nitrogens with zero attached hydrogens (tertiary/aromatic N) is 4. The van der Waals surface area contributed by atoms with Crippen LogP contribution in [0.3, 0.4) is 0 Å². The van der Waals surface area contributed by atoms with Crippen molar-refractivity contribution in [2.75, 3.05) is 13.2 Å². The molecule has 0 aromatic carbocycles. The second-order valence-corrected chi connectivity index (χ2v) is 6.93. The summed E-state index contributed by atoms with van der Waals surface area (Å²) in [5, 5.41) is 13.1. The van der Waals surface area contributed by atoms with Gasteiger partial charge in [-0.05, 0) is 30.4 Å². The third-order valence-corrected chi connectivity index (χ3v) is 4.98. The molecule has 1 aliphatic heterocycles. The maximum atomic E-state index is 11.0.